The fourth-order valence-corrected chi connectivity index (χ4v) is 3.16. The Kier molecular flexibility index (Phi) is 2.19. The van der Waals surface area contributed by atoms with Crippen LogP contribution in [0.3, 0.4) is 0 Å². The van der Waals surface area contributed by atoms with Crippen molar-refractivity contribution < 1.29 is 0 Å². The first-order valence-corrected chi connectivity index (χ1v) is 6.14. The lowest BCUT2D eigenvalue weighted by atomic mass is 9.94. The summed E-state index contributed by atoms with van der Waals surface area (Å²) >= 11 is 0. The minimum absolute atomic E-state index is 0.664. The van der Waals surface area contributed by atoms with Gasteiger partial charge in [-0.2, -0.15) is 5.10 Å². The molecule has 1 aliphatic carbocycles. The molecule has 1 unspecified atom stereocenters. The number of nitrogens with zero attached hydrogens (tertiary/aromatic N) is 2. The second kappa shape index (κ2) is 3.54. The molecule has 1 atom stereocenters. The molecule has 1 aromatic rings. The Labute approximate surface area is 90.9 Å². The van der Waals surface area contributed by atoms with Crippen LogP contribution in [0.25, 0.3) is 0 Å². The van der Waals surface area contributed by atoms with E-state index in [1.807, 2.05) is 6.20 Å². The molecule has 3 nitrogen and oxygen atoms in total. The third kappa shape index (κ3) is 1.45. The molecule has 2 heterocycles. The third-order valence-corrected chi connectivity index (χ3v) is 3.97. The van der Waals surface area contributed by atoms with Crippen molar-refractivity contribution in [1.29, 1.82) is 0 Å². The van der Waals surface area contributed by atoms with E-state index in [0.717, 1.165) is 12.5 Å². The molecule has 0 bridgehead atoms. The minimum Gasteiger partial charge on any atom is -0.370 e. The van der Waals surface area contributed by atoms with Crippen molar-refractivity contribution >= 4 is 5.82 Å². The van der Waals surface area contributed by atoms with Gasteiger partial charge in [-0.05, 0) is 32.1 Å². The summed E-state index contributed by atoms with van der Waals surface area (Å²) < 4.78 is 2.24. The molecule has 1 aliphatic heterocycles. The predicted molar refractivity (Wildman–Crippen MR) is 61.1 cm³/mol. The van der Waals surface area contributed by atoms with Crippen molar-refractivity contribution in [1.82, 2.24) is 9.78 Å². The zero-order chi connectivity index (χ0) is 10.3. The lowest BCUT2D eigenvalue weighted by molar-refractivity contribution is 0.290. The maximum atomic E-state index is 4.54. The van der Waals surface area contributed by atoms with Crippen molar-refractivity contribution in [3.05, 3.63) is 11.8 Å². The van der Waals surface area contributed by atoms with Crippen LogP contribution in [0.15, 0.2) is 6.20 Å². The Morgan fingerprint density at radius 2 is 2.13 bits per heavy atom. The van der Waals surface area contributed by atoms with Gasteiger partial charge in [0.2, 0.25) is 0 Å². The molecular formula is C12H19N3. The van der Waals surface area contributed by atoms with Gasteiger partial charge in [0.15, 0.2) is 0 Å². The van der Waals surface area contributed by atoms with Crippen LogP contribution in [0.2, 0.25) is 0 Å². The number of nitrogens with one attached hydrogen (secondary N) is 1. The average molecular weight is 205 g/mol. The van der Waals surface area contributed by atoms with E-state index >= 15 is 0 Å². The lowest BCUT2D eigenvalue weighted by Crippen LogP contribution is -2.28. The first kappa shape index (κ1) is 9.25. The number of hydrogen-bond acceptors (Lipinski definition) is 2. The second-order valence-corrected chi connectivity index (χ2v) is 4.95. The van der Waals surface area contributed by atoms with Crippen LogP contribution >= 0.6 is 0 Å². The maximum absolute atomic E-state index is 4.54. The molecule has 3 heteroatoms. The summed E-state index contributed by atoms with van der Waals surface area (Å²) in [4.78, 5) is 0. The number of aromatic nitrogens is 2. The molecule has 0 saturated heterocycles. The van der Waals surface area contributed by atoms with Crippen LogP contribution in [0.4, 0.5) is 5.82 Å². The summed E-state index contributed by atoms with van der Waals surface area (Å²) in [6, 6.07) is 0.664. The molecule has 15 heavy (non-hydrogen) atoms. The molecule has 0 amide bonds. The highest BCUT2D eigenvalue weighted by molar-refractivity contribution is 5.44. The Balaban J connectivity index is 1.91. The van der Waals surface area contributed by atoms with E-state index in [-0.39, 0.29) is 0 Å². The zero-order valence-corrected chi connectivity index (χ0v) is 9.37. The van der Waals surface area contributed by atoms with Crippen LogP contribution in [0.1, 0.15) is 43.7 Å². The Morgan fingerprint density at radius 3 is 2.93 bits per heavy atom. The molecule has 82 valence electrons. The van der Waals surface area contributed by atoms with E-state index in [4.69, 9.17) is 0 Å². The van der Waals surface area contributed by atoms with Crippen molar-refractivity contribution in [2.24, 2.45) is 5.92 Å². The van der Waals surface area contributed by atoms with Crippen LogP contribution in [-0.4, -0.2) is 16.3 Å². The van der Waals surface area contributed by atoms with Crippen molar-refractivity contribution in [2.75, 3.05) is 11.9 Å². The van der Waals surface area contributed by atoms with E-state index in [1.165, 1.54) is 43.5 Å². The summed E-state index contributed by atoms with van der Waals surface area (Å²) in [6.45, 7) is 3.26. The van der Waals surface area contributed by atoms with Crippen LogP contribution in [-0.2, 0) is 0 Å². The van der Waals surface area contributed by atoms with Crippen molar-refractivity contribution in [2.45, 2.75) is 45.1 Å². The Bertz CT molecular complexity index is 350. The van der Waals surface area contributed by atoms with Gasteiger partial charge in [-0.15, -0.1) is 0 Å². The SMILES string of the molecule is Cc1cnn2c1NCCC2C1CCCC1. The van der Waals surface area contributed by atoms with Crippen molar-refractivity contribution in [3.63, 3.8) is 0 Å². The Hall–Kier alpha value is -0.990. The van der Waals surface area contributed by atoms with E-state index in [2.05, 4.69) is 22.0 Å². The molecule has 0 aromatic carbocycles. The number of hydrogen-bond donors (Lipinski definition) is 1. The fourth-order valence-electron chi connectivity index (χ4n) is 3.16. The first-order chi connectivity index (χ1) is 7.36. The lowest BCUT2D eigenvalue weighted by Gasteiger charge is -2.30. The summed E-state index contributed by atoms with van der Waals surface area (Å²) in [5.41, 5.74) is 1.29. The summed E-state index contributed by atoms with van der Waals surface area (Å²) in [5, 5.41) is 8.00. The van der Waals surface area contributed by atoms with E-state index in [1.54, 1.807) is 0 Å². The summed E-state index contributed by atoms with van der Waals surface area (Å²) in [5.74, 6) is 2.14. The van der Waals surface area contributed by atoms with Gasteiger partial charge in [0, 0.05) is 12.1 Å². The standard InChI is InChI=1S/C12H19N3/c1-9-8-14-15-11(6-7-13-12(9)15)10-4-2-3-5-10/h8,10-11,13H,2-7H2,1H3. The molecule has 0 spiro atoms. The number of anilines is 1. The van der Waals surface area contributed by atoms with Gasteiger partial charge in [-0.25, -0.2) is 4.68 Å². The highest BCUT2D eigenvalue weighted by atomic mass is 15.4. The van der Waals surface area contributed by atoms with Crippen LogP contribution in [0, 0.1) is 12.8 Å². The molecule has 1 fully saturated rings. The number of fused-ring (bicyclic) bond motifs is 1. The Morgan fingerprint density at radius 1 is 1.33 bits per heavy atom. The molecule has 3 rings (SSSR count). The van der Waals surface area contributed by atoms with E-state index in [0.29, 0.717) is 6.04 Å². The third-order valence-electron chi connectivity index (χ3n) is 3.97. The van der Waals surface area contributed by atoms with E-state index < -0.39 is 0 Å². The zero-order valence-electron chi connectivity index (χ0n) is 9.37. The smallest absolute Gasteiger partial charge is 0.127 e. The molecule has 1 aromatic heterocycles. The minimum atomic E-state index is 0.664. The number of rotatable bonds is 1. The molecule has 2 aliphatic rings. The monoisotopic (exact) mass is 205 g/mol. The van der Waals surface area contributed by atoms with Crippen LogP contribution in [0.5, 0.6) is 0 Å². The summed E-state index contributed by atoms with van der Waals surface area (Å²) in [7, 11) is 0. The largest absolute Gasteiger partial charge is 0.370 e. The topological polar surface area (TPSA) is 29.9 Å². The first-order valence-electron chi connectivity index (χ1n) is 6.14. The molecular weight excluding hydrogens is 186 g/mol. The maximum Gasteiger partial charge on any atom is 0.127 e. The normalized spacial score (nSPS) is 26.3. The quantitative estimate of drug-likeness (QED) is 0.764. The van der Waals surface area contributed by atoms with Gasteiger partial charge in [0.1, 0.15) is 5.82 Å². The van der Waals surface area contributed by atoms with Crippen molar-refractivity contribution in [3.8, 4) is 0 Å². The van der Waals surface area contributed by atoms with Gasteiger partial charge in [-0.1, -0.05) is 12.8 Å². The van der Waals surface area contributed by atoms with Gasteiger partial charge >= 0.3 is 0 Å². The van der Waals surface area contributed by atoms with E-state index in [9.17, 15) is 0 Å². The van der Waals surface area contributed by atoms with Gasteiger partial charge in [0.05, 0.1) is 12.2 Å². The highest BCUT2D eigenvalue weighted by Gasteiger charge is 2.30. The molecule has 0 radical (unpaired) electrons. The average Bonchev–Trinajstić information content (AvgIpc) is 2.88. The molecule has 1 saturated carbocycles. The fraction of sp³-hybridized carbons (Fsp3) is 0.750. The van der Waals surface area contributed by atoms with Gasteiger partial charge < -0.3 is 5.32 Å². The highest BCUT2D eigenvalue weighted by Crippen LogP contribution is 2.39. The van der Waals surface area contributed by atoms with Gasteiger partial charge in [0.25, 0.3) is 0 Å². The van der Waals surface area contributed by atoms with Gasteiger partial charge in [-0.3, -0.25) is 0 Å². The summed E-state index contributed by atoms with van der Waals surface area (Å²) in [6.07, 6.45) is 8.90. The number of aryl methyl sites for hydroxylation is 1. The van der Waals surface area contributed by atoms with Crippen LogP contribution < -0.4 is 5.32 Å². The second-order valence-electron chi connectivity index (χ2n) is 4.95. The predicted octanol–water partition coefficient (Wildman–Crippen LogP) is 2.74. The molecule has 1 N–H and O–H groups in total.